The molecule has 1 unspecified atom stereocenters. The van der Waals surface area contributed by atoms with Crippen LogP contribution in [0.3, 0.4) is 0 Å². The third-order valence-corrected chi connectivity index (χ3v) is 3.10. The second-order valence-corrected chi connectivity index (χ2v) is 4.60. The number of nitriles is 1. The molecule has 2 rings (SSSR count). The van der Waals surface area contributed by atoms with Crippen molar-refractivity contribution < 1.29 is 9.21 Å². The molecule has 0 saturated carbocycles. The summed E-state index contributed by atoms with van der Waals surface area (Å²) in [5.41, 5.74) is 0. The summed E-state index contributed by atoms with van der Waals surface area (Å²) in [6.07, 6.45) is 1.76. The minimum atomic E-state index is -0.134. The van der Waals surface area contributed by atoms with Gasteiger partial charge in [-0.05, 0) is 40.9 Å². The number of halogens is 1. The van der Waals surface area contributed by atoms with Crippen molar-refractivity contribution in [2.75, 3.05) is 13.1 Å². The molecule has 1 aromatic rings. The van der Waals surface area contributed by atoms with Gasteiger partial charge in [-0.3, -0.25) is 4.79 Å². The van der Waals surface area contributed by atoms with Gasteiger partial charge in [0.1, 0.15) is 0 Å². The smallest absolute Gasteiger partial charge is 0.289 e. The molecule has 0 aromatic carbocycles. The van der Waals surface area contributed by atoms with Crippen LogP contribution in [0.2, 0.25) is 0 Å². The molecule has 1 aromatic heterocycles. The van der Waals surface area contributed by atoms with Gasteiger partial charge in [0.05, 0.1) is 12.0 Å². The van der Waals surface area contributed by atoms with E-state index in [1.165, 1.54) is 0 Å². The Balaban J connectivity index is 2.08. The first-order valence-corrected chi connectivity index (χ1v) is 5.94. The van der Waals surface area contributed by atoms with Crippen molar-refractivity contribution in [3.63, 3.8) is 0 Å². The van der Waals surface area contributed by atoms with Gasteiger partial charge in [-0.2, -0.15) is 5.26 Å². The Hall–Kier alpha value is -1.28. The van der Waals surface area contributed by atoms with Crippen molar-refractivity contribution in [1.82, 2.24) is 4.90 Å². The van der Waals surface area contributed by atoms with Gasteiger partial charge in [-0.1, -0.05) is 0 Å². The third-order valence-electron chi connectivity index (χ3n) is 2.68. The zero-order valence-corrected chi connectivity index (χ0v) is 10.2. The number of rotatable bonds is 1. The number of piperidine rings is 1. The molecule has 16 heavy (non-hydrogen) atoms. The van der Waals surface area contributed by atoms with E-state index in [-0.39, 0.29) is 11.8 Å². The number of hydrogen-bond acceptors (Lipinski definition) is 3. The fourth-order valence-corrected chi connectivity index (χ4v) is 2.16. The molecule has 1 saturated heterocycles. The molecule has 0 bridgehead atoms. The summed E-state index contributed by atoms with van der Waals surface area (Å²) in [6, 6.07) is 5.55. The minimum absolute atomic E-state index is 0.0453. The van der Waals surface area contributed by atoms with E-state index in [9.17, 15) is 4.79 Å². The van der Waals surface area contributed by atoms with Crippen molar-refractivity contribution in [2.45, 2.75) is 12.8 Å². The van der Waals surface area contributed by atoms with E-state index in [1.807, 2.05) is 0 Å². The molecule has 5 heteroatoms. The summed E-state index contributed by atoms with van der Waals surface area (Å²) in [5, 5.41) is 8.85. The van der Waals surface area contributed by atoms with Gasteiger partial charge in [0, 0.05) is 13.1 Å². The molecule has 4 nitrogen and oxygen atoms in total. The van der Waals surface area contributed by atoms with Crippen LogP contribution in [-0.4, -0.2) is 23.9 Å². The Kier molecular flexibility index (Phi) is 3.30. The van der Waals surface area contributed by atoms with Crippen molar-refractivity contribution in [2.24, 2.45) is 5.92 Å². The van der Waals surface area contributed by atoms with Gasteiger partial charge in [-0.15, -0.1) is 0 Å². The van der Waals surface area contributed by atoms with Gasteiger partial charge in [0.2, 0.25) is 0 Å². The average Bonchev–Trinajstić information content (AvgIpc) is 2.75. The highest BCUT2D eigenvalue weighted by atomic mass is 79.9. The summed E-state index contributed by atoms with van der Waals surface area (Å²) in [4.78, 5) is 13.7. The number of carbonyl (C=O) groups excluding carboxylic acids is 1. The molecule has 0 radical (unpaired) electrons. The number of likely N-dealkylation sites (tertiary alicyclic amines) is 1. The first-order chi connectivity index (χ1) is 7.70. The van der Waals surface area contributed by atoms with Crippen molar-refractivity contribution in [3.8, 4) is 6.07 Å². The molecule has 1 aliphatic heterocycles. The molecule has 2 heterocycles. The molecule has 0 spiro atoms. The molecule has 84 valence electrons. The predicted molar refractivity (Wildman–Crippen MR) is 60.6 cm³/mol. The van der Waals surface area contributed by atoms with Gasteiger partial charge in [0.15, 0.2) is 10.4 Å². The number of nitrogens with zero attached hydrogens (tertiary/aromatic N) is 2. The lowest BCUT2D eigenvalue weighted by atomic mass is 9.99. The van der Waals surface area contributed by atoms with E-state index in [2.05, 4.69) is 22.0 Å². The van der Waals surface area contributed by atoms with Crippen LogP contribution in [0.25, 0.3) is 0 Å². The van der Waals surface area contributed by atoms with Crippen LogP contribution in [0, 0.1) is 17.2 Å². The van der Waals surface area contributed by atoms with Crippen LogP contribution in [-0.2, 0) is 0 Å². The Bertz CT molecular complexity index is 435. The fraction of sp³-hybridized carbons (Fsp3) is 0.455. The highest BCUT2D eigenvalue weighted by Gasteiger charge is 2.25. The van der Waals surface area contributed by atoms with Gasteiger partial charge in [0.25, 0.3) is 5.91 Å². The van der Waals surface area contributed by atoms with Crippen LogP contribution in [0.4, 0.5) is 0 Å². The maximum Gasteiger partial charge on any atom is 0.289 e. The average molecular weight is 283 g/mol. The standard InChI is InChI=1S/C11H11BrN2O2/c12-10-4-3-9(16-10)11(15)14-5-1-2-8(6-13)7-14/h3-4,8H,1-2,5,7H2. The predicted octanol–water partition coefficient (Wildman–Crippen LogP) is 2.42. The van der Waals surface area contributed by atoms with Crippen LogP contribution in [0.5, 0.6) is 0 Å². The lowest BCUT2D eigenvalue weighted by molar-refractivity contribution is 0.0665. The normalized spacial score (nSPS) is 20.5. The lowest BCUT2D eigenvalue weighted by Crippen LogP contribution is -2.39. The Morgan fingerprint density at radius 2 is 2.44 bits per heavy atom. The molecule has 0 aliphatic carbocycles. The minimum Gasteiger partial charge on any atom is -0.444 e. The summed E-state index contributed by atoms with van der Waals surface area (Å²) in [5.74, 6) is 0.146. The lowest BCUT2D eigenvalue weighted by Gasteiger charge is -2.28. The van der Waals surface area contributed by atoms with Gasteiger partial charge < -0.3 is 9.32 Å². The zero-order valence-electron chi connectivity index (χ0n) is 8.65. The molecule has 1 amide bonds. The number of carbonyl (C=O) groups is 1. The summed E-state index contributed by atoms with van der Waals surface area (Å²) < 4.78 is 5.76. The highest BCUT2D eigenvalue weighted by Crippen LogP contribution is 2.20. The van der Waals surface area contributed by atoms with E-state index in [4.69, 9.17) is 9.68 Å². The van der Waals surface area contributed by atoms with Crippen LogP contribution in [0.1, 0.15) is 23.4 Å². The first kappa shape index (κ1) is 11.2. The van der Waals surface area contributed by atoms with Crippen molar-refractivity contribution in [3.05, 3.63) is 22.6 Å². The quantitative estimate of drug-likeness (QED) is 0.795. The van der Waals surface area contributed by atoms with Crippen molar-refractivity contribution >= 4 is 21.8 Å². The van der Waals surface area contributed by atoms with E-state index in [0.29, 0.717) is 23.5 Å². The second kappa shape index (κ2) is 4.71. The highest BCUT2D eigenvalue weighted by molar-refractivity contribution is 9.10. The maximum absolute atomic E-state index is 12.0. The number of amides is 1. The number of furan rings is 1. The van der Waals surface area contributed by atoms with Crippen LogP contribution in [0.15, 0.2) is 21.2 Å². The number of hydrogen-bond donors (Lipinski definition) is 0. The maximum atomic E-state index is 12.0. The molecule has 1 atom stereocenters. The molecular formula is C11H11BrN2O2. The van der Waals surface area contributed by atoms with E-state index in [0.717, 1.165) is 12.8 Å². The van der Waals surface area contributed by atoms with E-state index >= 15 is 0 Å². The monoisotopic (exact) mass is 282 g/mol. The third kappa shape index (κ3) is 2.27. The fourth-order valence-electron chi connectivity index (χ4n) is 1.85. The summed E-state index contributed by atoms with van der Waals surface area (Å²) in [7, 11) is 0. The molecule has 0 N–H and O–H groups in total. The Morgan fingerprint density at radius 3 is 3.06 bits per heavy atom. The van der Waals surface area contributed by atoms with Gasteiger partial charge >= 0.3 is 0 Å². The van der Waals surface area contributed by atoms with Crippen LogP contribution < -0.4 is 0 Å². The Labute approximate surface area is 102 Å². The molecule has 1 fully saturated rings. The summed E-state index contributed by atoms with van der Waals surface area (Å²) >= 11 is 3.16. The van der Waals surface area contributed by atoms with E-state index < -0.39 is 0 Å². The zero-order chi connectivity index (χ0) is 11.5. The van der Waals surface area contributed by atoms with Crippen LogP contribution >= 0.6 is 15.9 Å². The summed E-state index contributed by atoms with van der Waals surface area (Å²) in [6.45, 7) is 1.21. The SMILES string of the molecule is N#CC1CCCN(C(=O)c2ccc(Br)o2)C1. The second-order valence-electron chi connectivity index (χ2n) is 3.82. The molecular weight excluding hydrogens is 272 g/mol. The largest absolute Gasteiger partial charge is 0.444 e. The Morgan fingerprint density at radius 1 is 1.62 bits per heavy atom. The topological polar surface area (TPSA) is 57.2 Å². The molecule has 1 aliphatic rings. The van der Waals surface area contributed by atoms with Crippen molar-refractivity contribution in [1.29, 1.82) is 5.26 Å². The van der Waals surface area contributed by atoms with Gasteiger partial charge in [-0.25, -0.2) is 0 Å². The first-order valence-electron chi connectivity index (χ1n) is 5.15. The van der Waals surface area contributed by atoms with E-state index in [1.54, 1.807) is 17.0 Å².